The van der Waals surface area contributed by atoms with E-state index in [1.165, 1.54) is 18.6 Å². The Kier molecular flexibility index (Phi) is 5.74. The topological polar surface area (TPSA) is 29.9 Å². The summed E-state index contributed by atoms with van der Waals surface area (Å²) < 4.78 is 2.23. The quantitative estimate of drug-likeness (QED) is 0.744. The lowest BCUT2D eigenvalue weighted by Crippen LogP contribution is -2.14. The predicted octanol–water partition coefficient (Wildman–Crippen LogP) is 3.16. The van der Waals surface area contributed by atoms with Crippen molar-refractivity contribution >= 4 is 17.7 Å². The van der Waals surface area contributed by atoms with Crippen LogP contribution in [0.4, 0.5) is 5.95 Å². The number of aryl methyl sites for hydroxylation is 2. The Morgan fingerprint density at radius 3 is 2.81 bits per heavy atom. The standard InChI is InChI=1S/C12H23N3S/c1-10(2)13-12-14-11(3)9-15(12)7-5-6-8-16-4/h9-10H,5-8H2,1-4H3,(H,13,14). The van der Waals surface area contributed by atoms with Gasteiger partial charge in [-0.15, -0.1) is 0 Å². The summed E-state index contributed by atoms with van der Waals surface area (Å²) in [7, 11) is 0. The molecule has 3 nitrogen and oxygen atoms in total. The van der Waals surface area contributed by atoms with Gasteiger partial charge in [0, 0.05) is 18.8 Å². The number of nitrogens with zero attached hydrogens (tertiary/aromatic N) is 2. The van der Waals surface area contributed by atoms with Crippen LogP contribution in [0.3, 0.4) is 0 Å². The molecule has 0 saturated heterocycles. The summed E-state index contributed by atoms with van der Waals surface area (Å²) in [6, 6.07) is 0.437. The van der Waals surface area contributed by atoms with Crippen molar-refractivity contribution in [3.63, 3.8) is 0 Å². The number of thioether (sulfide) groups is 1. The summed E-state index contributed by atoms with van der Waals surface area (Å²) in [5, 5.41) is 3.38. The van der Waals surface area contributed by atoms with E-state index in [-0.39, 0.29) is 0 Å². The Morgan fingerprint density at radius 2 is 2.19 bits per heavy atom. The number of imidazole rings is 1. The molecule has 16 heavy (non-hydrogen) atoms. The van der Waals surface area contributed by atoms with E-state index in [1.807, 2.05) is 18.7 Å². The van der Waals surface area contributed by atoms with Crippen molar-refractivity contribution in [1.29, 1.82) is 0 Å². The van der Waals surface area contributed by atoms with Gasteiger partial charge in [-0.05, 0) is 45.6 Å². The highest BCUT2D eigenvalue weighted by molar-refractivity contribution is 7.98. The molecule has 0 spiro atoms. The molecular weight excluding hydrogens is 218 g/mol. The third-order valence-corrected chi connectivity index (χ3v) is 3.01. The Labute approximate surface area is 103 Å². The fourth-order valence-corrected chi connectivity index (χ4v) is 2.11. The number of anilines is 1. The highest BCUT2D eigenvalue weighted by Crippen LogP contribution is 2.11. The summed E-state index contributed by atoms with van der Waals surface area (Å²) in [5.41, 5.74) is 1.09. The van der Waals surface area contributed by atoms with E-state index < -0.39 is 0 Å². The molecule has 1 N–H and O–H groups in total. The van der Waals surface area contributed by atoms with Crippen molar-refractivity contribution in [3.8, 4) is 0 Å². The van der Waals surface area contributed by atoms with Crippen molar-refractivity contribution < 1.29 is 0 Å². The lowest BCUT2D eigenvalue weighted by Gasteiger charge is -2.11. The first kappa shape index (κ1) is 13.4. The number of hydrogen-bond acceptors (Lipinski definition) is 3. The zero-order valence-electron chi connectivity index (χ0n) is 10.8. The van der Waals surface area contributed by atoms with E-state index in [0.717, 1.165) is 18.2 Å². The van der Waals surface area contributed by atoms with E-state index in [1.54, 1.807) is 0 Å². The summed E-state index contributed by atoms with van der Waals surface area (Å²) in [6.07, 6.45) is 6.79. The summed E-state index contributed by atoms with van der Waals surface area (Å²) in [6.45, 7) is 7.39. The number of rotatable bonds is 7. The van der Waals surface area contributed by atoms with Crippen LogP contribution in [0.5, 0.6) is 0 Å². The molecule has 0 atom stereocenters. The normalized spacial score (nSPS) is 11.1. The Hall–Kier alpha value is -0.640. The zero-order chi connectivity index (χ0) is 12.0. The van der Waals surface area contributed by atoms with Crippen molar-refractivity contribution in [2.45, 2.75) is 46.2 Å². The van der Waals surface area contributed by atoms with Crippen LogP contribution >= 0.6 is 11.8 Å². The van der Waals surface area contributed by atoms with Gasteiger partial charge in [-0.2, -0.15) is 11.8 Å². The fraction of sp³-hybridized carbons (Fsp3) is 0.750. The molecule has 0 saturated carbocycles. The lowest BCUT2D eigenvalue weighted by atomic mass is 10.3. The maximum atomic E-state index is 4.50. The fourth-order valence-electron chi connectivity index (χ4n) is 1.62. The van der Waals surface area contributed by atoms with Gasteiger partial charge in [0.15, 0.2) is 0 Å². The van der Waals surface area contributed by atoms with E-state index in [4.69, 9.17) is 0 Å². The van der Waals surface area contributed by atoms with Gasteiger partial charge in [0.05, 0.1) is 5.69 Å². The molecule has 0 fully saturated rings. The maximum absolute atomic E-state index is 4.50. The number of nitrogens with one attached hydrogen (secondary N) is 1. The van der Waals surface area contributed by atoms with E-state index in [2.05, 4.69) is 41.2 Å². The van der Waals surface area contributed by atoms with E-state index in [0.29, 0.717) is 6.04 Å². The molecule has 92 valence electrons. The Bertz CT molecular complexity index is 307. The van der Waals surface area contributed by atoms with Gasteiger partial charge in [-0.25, -0.2) is 4.98 Å². The van der Waals surface area contributed by atoms with Crippen LogP contribution in [0.15, 0.2) is 6.20 Å². The molecule has 0 unspecified atom stereocenters. The van der Waals surface area contributed by atoms with Gasteiger partial charge < -0.3 is 9.88 Å². The first-order valence-corrected chi connectivity index (χ1v) is 7.32. The van der Waals surface area contributed by atoms with Crippen LogP contribution in [0.2, 0.25) is 0 Å². The van der Waals surface area contributed by atoms with Gasteiger partial charge in [0.1, 0.15) is 0 Å². The van der Waals surface area contributed by atoms with Gasteiger partial charge in [-0.1, -0.05) is 0 Å². The highest BCUT2D eigenvalue weighted by atomic mass is 32.2. The molecule has 0 aromatic carbocycles. The molecule has 4 heteroatoms. The van der Waals surface area contributed by atoms with Crippen molar-refractivity contribution in [1.82, 2.24) is 9.55 Å². The molecule has 0 aliphatic rings. The van der Waals surface area contributed by atoms with Gasteiger partial charge in [0.25, 0.3) is 0 Å². The molecule has 0 aliphatic heterocycles. The SMILES string of the molecule is CSCCCCn1cc(C)nc1NC(C)C. The third kappa shape index (κ3) is 4.47. The van der Waals surface area contributed by atoms with E-state index in [9.17, 15) is 0 Å². The van der Waals surface area contributed by atoms with Crippen LogP contribution < -0.4 is 5.32 Å². The van der Waals surface area contributed by atoms with Crippen molar-refractivity contribution in [2.24, 2.45) is 0 Å². The second-order valence-electron chi connectivity index (χ2n) is 4.40. The summed E-state index contributed by atoms with van der Waals surface area (Å²) >= 11 is 1.92. The smallest absolute Gasteiger partial charge is 0.203 e. The minimum absolute atomic E-state index is 0.437. The van der Waals surface area contributed by atoms with Crippen LogP contribution in [-0.4, -0.2) is 27.6 Å². The second kappa shape index (κ2) is 6.84. The number of aromatic nitrogens is 2. The number of unbranched alkanes of at least 4 members (excludes halogenated alkanes) is 1. The molecule has 0 bridgehead atoms. The van der Waals surface area contributed by atoms with Crippen LogP contribution in [0.1, 0.15) is 32.4 Å². The highest BCUT2D eigenvalue weighted by Gasteiger charge is 2.05. The monoisotopic (exact) mass is 241 g/mol. The van der Waals surface area contributed by atoms with E-state index >= 15 is 0 Å². The summed E-state index contributed by atoms with van der Waals surface area (Å²) in [4.78, 5) is 4.50. The first-order chi connectivity index (χ1) is 7.63. The minimum atomic E-state index is 0.437. The molecule has 0 aliphatic carbocycles. The summed E-state index contributed by atoms with van der Waals surface area (Å²) in [5.74, 6) is 2.26. The van der Waals surface area contributed by atoms with Crippen LogP contribution in [0.25, 0.3) is 0 Å². The largest absolute Gasteiger partial charge is 0.353 e. The van der Waals surface area contributed by atoms with Crippen LogP contribution in [0, 0.1) is 6.92 Å². The molecule has 1 aromatic heterocycles. The molecule has 1 aromatic rings. The second-order valence-corrected chi connectivity index (χ2v) is 5.38. The van der Waals surface area contributed by atoms with Crippen molar-refractivity contribution in [3.05, 3.63) is 11.9 Å². The van der Waals surface area contributed by atoms with Gasteiger partial charge >= 0.3 is 0 Å². The average molecular weight is 241 g/mol. The lowest BCUT2D eigenvalue weighted by molar-refractivity contribution is 0.634. The van der Waals surface area contributed by atoms with Gasteiger partial charge in [-0.3, -0.25) is 0 Å². The average Bonchev–Trinajstić information content (AvgIpc) is 2.53. The molecule has 0 amide bonds. The molecule has 1 rings (SSSR count). The van der Waals surface area contributed by atoms with Crippen molar-refractivity contribution in [2.75, 3.05) is 17.3 Å². The molecule has 1 heterocycles. The minimum Gasteiger partial charge on any atom is -0.353 e. The molecule has 0 radical (unpaired) electrons. The van der Waals surface area contributed by atoms with Crippen LogP contribution in [-0.2, 0) is 6.54 Å². The maximum Gasteiger partial charge on any atom is 0.203 e. The van der Waals surface area contributed by atoms with Gasteiger partial charge in [0.2, 0.25) is 5.95 Å². The Morgan fingerprint density at radius 1 is 1.44 bits per heavy atom. The zero-order valence-corrected chi connectivity index (χ0v) is 11.6. The predicted molar refractivity (Wildman–Crippen MR) is 73.3 cm³/mol. The Balaban J connectivity index is 2.50. The first-order valence-electron chi connectivity index (χ1n) is 5.92. The third-order valence-electron chi connectivity index (χ3n) is 2.31. The number of hydrogen-bond donors (Lipinski definition) is 1. The molecular formula is C12H23N3S.